The molecule has 1 N–H and O–H groups in total. The molecule has 3 rings (SSSR count). The molecule has 0 spiro atoms. The van der Waals surface area contributed by atoms with Gasteiger partial charge in [0.15, 0.2) is 0 Å². The summed E-state index contributed by atoms with van der Waals surface area (Å²) in [5.74, 6) is 0.0955. The van der Waals surface area contributed by atoms with Crippen LogP contribution in [0.25, 0.3) is 11.6 Å². The van der Waals surface area contributed by atoms with E-state index in [9.17, 15) is 4.79 Å². The van der Waals surface area contributed by atoms with Crippen molar-refractivity contribution in [1.82, 2.24) is 10.2 Å². The van der Waals surface area contributed by atoms with Crippen molar-refractivity contribution in [2.75, 3.05) is 5.32 Å². The molecular formula is C20H19N3OS. The highest BCUT2D eigenvalue weighted by Crippen LogP contribution is 2.25. The second-order valence-corrected chi connectivity index (χ2v) is 6.90. The van der Waals surface area contributed by atoms with Crippen LogP contribution in [0.2, 0.25) is 0 Å². The number of hydrogen-bond donors (Lipinski definition) is 1. The number of carbonyl (C=O) groups excluding carboxylic acids is 1. The molecule has 0 fully saturated rings. The zero-order valence-electron chi connectivity index (χ0n) is 14.1. The largest absolute Gasteiger partial charge is 0.296 e. The van der Waals surface area contributed by atoms with Crippen molar-refractivity contribution >= 4 is 34.0 Å². The summed E-state index contributed by atoms with van der Waals surface area (Å²) >= 11 is 1.41. The van der Waals surface area contributed by atoms with Crippen LogP contribution >= 0.6 is 11.3 Å². The molecule has 0 saturated carbocycles. The number of amides is 1. The zero-order chi connectivity index (χ0) is 17.6. The molecule has 0 bridgehead atoms. The standard InChI is InChI=1S/C20H19N3OS/c1-14(2)19-22-23-20(25-19)21-18(24)17(16-11-7-4-8-12-16)13-15-9-5-3-6-10-15/h3-14H,1-2H3,(H,21,23,24)/b17-13+. The van der Waals surface area contributed by atoms with Crippen molar-refractivity contribution in [3.63, 3.8) is 0 Å². The van der Waals surface area contributed by atoms with Gasteiger partial charge >= 0.3 is 0 Å². The Morgan fingerprint density at radius 1 is 1.00 bits per heavy atom. The summed E-state index contributed by atoms with van der Waals surface area (Å²) in [6.45, 7) is 4.10. The quantitative estimate of drug-likeness (QED) is 0.530. The molecule has 0 atom stereocenters. The lowest BCUT2D eigenvalue weighted by molar-refractivity contribution is -0.111. The zero-order valence-corrected chi connectivity index (χ0v) is 15.0. The average Bonchev–Trinajstić information content (AvgIpc) is 3.10. The molecule has 0 saturated heterocycles. The maximum atomic E-state index is 12.9. The summed E-state index contributed by atoms with van der Waals surface area (Å²) in [5.41, 5.74) is 2.42. The van der Waals surface area contributed by atoms with E-state index in [1.165, 1.54) is 11.3 Å². The second-order valence-electron chi connectivity index (χ2n) is 5.89. The molecule has 0 unspecified atom stereocenters. The van der Waals surface area contributed by atoms with E-state index in [4.69, 9.17) is 0 Å². The number of nitrogens with one attached hydrogen (secondary N) is 1. The van der Waals surface area contributed by atoms with Crippen LogP contribution in [0.1, 0.15) is 35.9 Å². The third-order valence-electron chi connectivity index (χ3n) is 3.59. The smallest absolute Gasteiger partial charge is 0.258 e. The number of rotatable bonds is 5. The minimum absolute atomic E-state index is 0.193. The summed E-state index contributed by atoms with van der Waals surface area (Å²) in [4.78, 5) is 12.9. The van der Waals surface area contributed by atoms with E-state index in [0.717, 1.165) is 16.1 Å². The Balaban J connectivity index is 1.91. The summed E-state index contributed by atoms with van der Waals surface area (Å²) in [7, 11) is 0. The van der Waals surface area contributed by atoms with E-state index in [-0.39, 0.29) is 11.8 Å². The SMILES string of the molecule is CC(C)c1nnc(NC(=O)/C(=C/c2ccccc2)c2ccccc2)s1. The summed E-state index contributed by atoms with van der Waals surface area (Å²) < 4.78 is 0. The number of anilines is 1. The Labute approximate surface area is 151 Å². The minimum atomic E-state index is -0.193. The molecular weight excluding hydrogens is 330 g/mol. The van der Waals surface area contributed by atoms with Crippen LogP contribution in [-0.2, 0) is 4.79 Å². The van der Waals surface area contributed by atoms with E-state index in [0.29, 0.717) is 10.7 Å². The van der Waals surface area contributed by atoms with Crippen LogP contribution in [-0.4, -0.2) is 16.1 Å². The third-order valence-corrected chi connectivity index (χ3v) is 4.73. The normalized spacial score (nSPS) is 11.6. The molecule has 3 aromatic rings. The fraction of sp³-hybridized carbons (Fsp3) is 0.150. The van der Waals surface area contributed by atoms with Crippen LogP contribution in [0.4, 0.5) is 5.13 Å². The first-order chi connectivity index (χ1) is 12.1. The van der Waals surface area contributed by atoms with Crippen LogP contribution in [0.3, 0.4) is 0 Å². The Bertz CT molecular complexity index is 870. The molecule has 4 nitrogen and oxygen atoms in total. The van der Waals surface area contributed by atoms with E-state index >= 15 is 0 Å². The number of carbonyl (C=O) groups is 1. The van der Waals surface area contributed by atoms with Gasteiger partial charge in [-0.25, -0.2) is 0 Å². The summed E-state index contributed by atoms with van der Waals surface area (Å²) in [5, 5.41) is 12.5. The summed E-state index contributed by atoms with van der Waals surface area (Å²) in [6.07, 6.45) is 1.88. The number of aromatic nitrogens is 2. The van der Waals surface area contributed by atoms with Gasteiger partial charge in [-0.3, -0.25) is 10.1 Å². The Morgan fingerprint density at radius 2 is 1.64 bits per heavy atom. The molecule has 0 aliphatic carbocycles. The predicted octanol–water partition coefficient (Wildman–Crippen LogP) is 4.84. The fourth-order valence-electron chi connectivity index (χ4n) is 2.30. The van der Waals surface area contributed by atoms with E-state index in [1.54, 1.807) is 0 Å². The Kier molecular flexibility index (Phi) is 5.36. The average molecular weight is 349 g/mol. The molecule has 0 radical (unpaired) electrons. The number of benzene rings is 2. The lowest BCUT2D eigenvalue weighted by Gasteiger charge is -2.08. The highest BCUT2D eigenvalue weighted by Gasteiger charge is 2.15. The van der Waals surface area contributed by atoms with Gasteiger partial charge in [-0.1, -0.05) is 85.8 Å². The van der Waals surface area contributed by atoms with Gasteiger partial charge in [-0.2, -0.15) is 0 Å². The van der Waals surface area contributed by atoms with Gasteiger partial charge < -0.3 is 0 Å². The topological polar surface area (TPSA) is 54.9 Å². The van der Waals surface area contributed by atoms with Gasteiger partial charge in [0.25, 0.3) is 5.91 Å². The highest BCUT2D eigenvalue weighted by atomic mass is 32.1. The molecule has 126 valence electrons. The van der Waals surface area contributed by atoms with Crippen LogP contribution < -0.4 is 5.32 Å². The maximum absolute atomic E-state index is 12.9. The van der Waals surface area contributed by atoms with E-state index in [1.807, 2.05) is 66.7 Å². The molecule has 0 aliphatic heterocycles. The molecule has 2 aromatic carbocycles. The van der Waals surface area contributed by atoms with Gasteiger partial charge in [0.1, 0.15) is 5.01 Å². The maximum Gasteiger partial charge on any atom is 0.258 e. The van der Waals surface area contributed by atoms with Crippen molar-refractivity contribution in [3.05, 3.63) is 76.8 Å². The molecule has 0 aliphatic rings. The Hall–Kier alpha value is -2.79. The lowest BCUT2D eigenvalue weighted by atomic mass is 10.0. The van der Waals surface area contributed by atoms with Crippen molar-refractivity contribution in [1.29, 1.82) is 0 Å². The van der Waals surface area contributed by atoms with Crippen LogP contribution in [0.15, 0.2) is 60.7 Å². The number of hydrogen-bond acceptors (Lipinski definition) is 4. The van der Waals surface area contributed by atoms with Gasteiger partial charge in [0, 0.05) is 11.5 Å². The first-order valence-corrected chi connectivity index (χ1v) is 8.92. The number of nitrogens with zero attached hydrogens (tertiary/aromatic N) is 2. The monoisotopic (exact) mass is 349 g/mol. The van der Waals surface area contributed by atoms with Crippen molar-refractivity contribution in [3.8, 4) is 0 Å². The van der Waals surface area contributed by atoms with Gasteiger partial charge in [-0.05, 0) is 17.2 Å². The van der Waals surface area contributed by atoms with Crippen molar-refractivity contribution in [2.45, 2.75) is 19.8 Å². The molecule has 1 heterocycles. The van der Waals surface area contributed by atoms with Gasteiger partial charge in [0.05, 0.1) is 0 Å². The lowest BCUT2D eigenvalue weighted by Crippen LogP contribution is -2.13. The van der Waals surface area contributed by atoms with E-state index in [2.05, 4.69) is 29.4 Å². The third kappa shape index (κ3) is 4.39. The van der Waals surface area contributed by atoms with Crippen LogP contribution in [0, 0.1) is 0 Å². The first kappa shape index (κ1) is 17.0. The second kappa shape index (κ2) is 7.85. The predicted molar refractivity (Wildman–Crippen MR) is 103 cm³/mol. The summed E-state index contributed by atoms with van der Waals surface area (Å²) in [6, 6.07) is 19.4. The van der Waals surface area contributed by atoms with Crippen molar-refractivity contribution in [2.24, 2.45) is 0 Å². The molecule has 1 amide bonds. The minimum Gasteiger partial charge on any atom is -0.296 e. The molecule has 1 aromatic heterocycles. The fourth-order valence-corrected chi connectivity index (χ4v) is 3.04. The van der Waals surface area contributed by atoms with Gasteiger partial charge in [0.2, 0.25) is 5.13 Å². The molecule has 5 heteroatoms. The van der Waals surface area contributed by atoms with Crippen molar-refractivity contribution < 1.29 is 4.79 Å². The first-order valence-electron chi connectivity index (χ1n) is 8.10. The van der Waals surface area contributed by atoms with Crippen LogP contribution in [0.5, 0.6) is 0 Å². The Morgan fingerprint density at radius 3 is 2.24 bits per heavy atom. The highest BCUT2D eigenvalue weighted by molar-refractivity contribution is 7.15. The molecule has 25 heavy (non-hydrogen) atoms. The van der Waals surface area contributed by atoms with Gasteiger partial charge in [-0.15, -0.1) is 10.2 Å². The van der Waals surface area contributed by atoms with E-state index < -0.39 is 0 Å².